The average molecular weight is 479 g/mol. The Balaban J connectivity index is 1.87. The van der Waals surface area contributed by atoms with Crippen LogP contribution in [0.3, 0.4) is 0 Å². The fraction of sp³-hybridized carbons (Fsp3) is 0.429. The van der Waals surface area contributed by atoms with Gasteiger partial charge >= 0.3 is 0 Å². The molecule has 1 amide bonds. The van der Waals surface area contributed by atoms with E-state index in [1.807, 2.05) is 57.1 Å². The highest BCUT2D eigenvalue weighted by atomic mass is 16.5. The summed E-state index contributed by atoms with van der Waals surface area (Å²) in [5, 5.41) is 11.5. The molecule has 186 valence electrons. The minimum atomic E-state index is -0.660. The van der Waals surface area contributed by atoms with Gasteiger partial charge in [-0.25, -0.2) is 0 Å². The summed E-state index contributed by atoms with van der Waals surface area (Å²) < 4.78 is 11.4. The first-order valence-corrected chi connectivity index (χ1v) is 12.3. The quantitative estimate of drug-likeness (QED) is 0.330. The van der Waals surface area contributed by atoms with Crippen molar-refractivity contribution < 1.29 is 24.2 Å². The molecule has 4 rings (SSSR count). The molecule has 1 saturated heterocycles. The zero-order chi connectivity index (χ0) is 25.1. The number of benzene rings is 2. The van der Waals surface area contributed by atoms with E-state index in [1.54, 1.807) is 23.1 Å². The van der Waals surface area contributed by atoms with Gasteiger partial charge in [0.25, 0.3) is 11.7 Å². The van der Waals surface area contributed by atoms with E-state index in [4.69, 9.17) is 9.47 Å². The van der Waals surface area contributed by atoms with Gasteiger partial charge in [0.15, 0.2) is 0 Å². The number of carbonyl (C=O) groups is 2. The minimum Gasteiger partial charge on any atom is -0.507 e. The molecule has 2 fully saturated rings. The van der Waals surface area contributed by atoms with E-state index >= 15 is 0 Å². The van der Waals surface area contributed by atoms with Crippen LogP contribution in [0, 0.1) is 0 Å². The van der Waals surface area contributed by atoms with Gasteiger partial charge in [0.2, 0.25) is 0 Å². The van der Waals surface area contributed by atoms with Crippen LogP contribution in [0.4, 0.5) is 5.69 Å². The predicted octanol–water partition coefficient (Wildman–Crippen LogP) is 4.91. The summed E-state index contributed by atoms with van der Waals surface area (Å²) in [4.78, 5) is 30.4. The normalized spacial score (nSPS) is 19.9. The van der Waals surface area contributed by atoms with Crippen LogP contribution >= 0.6 is 0 Å². The molecule has 35 heavy (non-hydrogen) atoms. The summed E-state index contributed by atoms with van der Waals surface area (Å²) in [6, 6.07) is 12.2. The van der Waals surface area contributed by atoms with Gasteiger partial charge in [0.05, 0.1) is 30.4 Å². The minimum absolute atomic E-state index is 0.0260. The standard InChI is InChI=1S/C28H34N2O5/c1-5-34-21-15-16-22(23(17-21)35-6-2)26(31)24-25(18-11-13-19(14-12-18)29(3)4)30(28(33)27(24)32)20-9-7-8-10-20/h11-17,20,25,31H,5-10H2,1-4H3/b26-24-. The number of amides is 1. The topological polar surface area (TPSA) is 79.3 Å². The number of ether oxygens (including phenoxy) is 2. The van der Waals surface area contributed by atoms with E-state index < -0.39 is 17.7 Å². The van der Waals surface area contributed by atoms with Crippen molar-refractivity contribution >= 4 is 23.1 Å². The monoisotopic (exact) mass is 478 g/mol. The van der Waals surface area contributed by atoms with Crippen molar-refractivity contribution in [3.05, 3.63) is 59.2 Å². The number of rotatable bonds is 8. The van der Waals surface area contributed by atoms with Crippen molar-refractivity contribution in [1.29, 1.82) is 0 Å². The second kappa shape index (κ2) is 10.4. The van der Waals surface area contributed by atoms with E-state index in [0.717, 1.165) is 36.9 Å². The Morgan fingerprint density at radius 1 is 1.00 bits per heavy atom. The Morgan fingerprint density at radius 3 is 2.26 bits per heavy atom. The third-order valence-electron chi connectivity index (χ3n) is 6.74. The zero-order valence-electron chi connectivity index (χ0n) is 20.9. The van der Waals surface area contributed by atoms with Gasteiger partial charge in [-0.2, -0.15) is 0 Å². The molecular formula is C28H34N2O5. The Morgan fingerprint density at radius 2 is 1.66 bits per heavy atom. The summed E-state index contributed by atoms with van der Waals surface area (Å²) >= 11 is 0. The number of aliphatic hydroxyl groups is 1. The van der Waals surface area contributed by atoms with E-state index in [9.17, 15) is 14.7 Å². The first kappa shape index (κ1) is 24.6. The van der Waals surface area contributed by atoms with Crippen molar-refractivity contribution in [1.82, 2.24) is 4.90 Å². The highest BCUT2D eigenvalue weighted by Gasteiger charge is 2.49. The van der Waals surface area contributed by atoms with Crippen LogP contribution in [0.5, 0.6) is 11.5 Å². The molecule has 0 bridgehead atoms. The van der Waals surface area contributed by atoms with E-state index in [-0.39, 0.29) is 17.4 Å². The molecule has 1 heterocycles. The molecule has 2 aliphatic rings. The molecule has 1 N–H and O–H groups in total. The first-order valence-electron chi connectivity index (χ1n) is 12.3. The maximum absolute atomic E-state index is 13.4. The number of hydrogen-bond donors (Lipinski definition) is 1. The number of Topliss-reactive ketones (excluding diaryl/α,β-unsaturated/α-hetero) is 1. The third-order valence-corrected chi connectivity index (χ3v) is 6.74. The maximum atomic E-state index is 13.4. The smallest absolute Gasteiger partial charge is 0.295 e. The molecule has 2 aromatic carbocycles. The largest absolute Gasteiger partial charge is 0.507 e. The number of hydrogen-bond acceptors (Lipinski definition) is 6. The van der Waals surface area contributed by atoms with Gasteiger partial charge in [-0.15, -0.1) is 0 Å². The molecule has 1 aliphatic carbocycles. The second-order valence-corrected chi connectivity index (χ2v) is 9.15. The van der Waals surface area contributed by atoms with Crippen molar-refractivity contribution in [2.45, 2.75) is 51.6 Å². The van der Waals surface area contributed by atoms with Crippen LogP contribution in [0.1, 0.15) is 56.7 Å². The highest BCUT2D eigenvalue weighted by Crippen LogP contribution is 2.45. The molecule has 7 heteroatoms. The van der Waals surface area contributed by atoms with E-state index in [2.05, 4.69) is 0 Å². The third kappa shape index (κ3) is 4.72. The van der Waals surface area contributed by atoms with Gasteiger partial charge in [0.1, 0.15) is 17.3 Å². The van der Waals surface area contributed by atoms with E-state index in [1.165, 1.54) is 0 Å². The van der Waals surface area contributed by atoms with Crippen LogP contribution in [-0.2, 0) is 9.59 Å². The Hall–Kier alpha value is -3.48. The molecule has 1 unspecified atom stereocenters. The summed E-state index contributed by atoms with van der Waals surface area (Å²) in [5.41, 5.74) is 2.28. The van der Waals surface area contributed by atoms with Crippen LogP contribution in [0.15, 0.2) is 48.0 Å². The van der Waals surface area contributed by atoms with Gasteiger partial charge in [-0.05, 0) is 56.5 Å². The lowest BCUT2D eigenvalue weighted by molar-refractivity contribution is -0.141. The van der Waals surface area contributed by atoms with Crippen molar-refractivity contribution in [3.8, 4) is 11.5 Å². The molecule has 1 atom stereocenters. The maximum Gasteiger partial charge on any atom is 0.295 e. The summed E-state index contributed by atoms with van der Waals surface area (Å²) in [6.07, 6.45) is 3.75. The van der Waals surface area contributed by atoms with Crippen LogP contribution in [0.25, 0.3) is 5.76 Å². The fourth-order valence-electron chi connectivity index (χ4n) is 5.07. The number of likely N-dealkylation sites (tertiary alicyclic amines) is 1. The van der Waals surface area contributed by atoms with Gasteiger partial charge in [-0.1, -0.05) is 25.0 Å². The van der Waals surface area contributed by atoms with Crippen LogP contribution < -0.4 is 14.4 Å². The summed E-state index contributed by atoms with van der Waals surface area (Å²) in [7, 11) is 3.92. The number of ketones is 1. The Labute approximate surface area is 206 Å². The Bertz CT molecular complexity index is 1120. The molecule has 0 spiro atoms. The molecular weight excluding hydrogens is 444 g/mol. The lowest BCUT2D eigenvalue weighted by Crippen LogP contribution is -2.37. The molecule has 1 aliphatic heterocycles. The highest BCUT2D eigenvalue weighted by molar-refractivity contribution is 6.46. The summed E-state index contributed by atoms with van der Waals surface area (Å²) in [6.45, 7) is 4.61. The first-order chi connectivity index (χ1) is 16.9. The van der Waals surface area contributed by atoms with Crippen molar-refractivity contribution in [2.24, 2.45) is 0 Å². The van der Waals surface area contributed by atoms with Crippen LogP contribution in [-0.4, -0.2) is 55.0 Å². The molecule has 0 radical (unpaired) electrons. The SMILES string of the molecule is CCOc1ccc(/C(O)=C2/C(=O)C(=O)N(C3CCCC3)C2c2ccc(N(C)C)cc2)c(OCC)c1. The van der Waals surface area contributed by atoms with Crippen molar-refractivity contribution in [3.63, 3.8) is 0 Å². The van der Waals surface area contributed by atoms with Gasteiger partial charge in [-0.3, -0.25) is 9.59 Å². The number of anilines is 1. The predicted molar refractivity (Wildman–Crippen MR) is 136 cm³/mol. The number of aliphatic hydroxyl groups excluding tert-OH is 1. The molecule has 0 aromatic heterocycles. The van der Waals surface area contributed by atoms with E-state index in [0.29, 0.717) is 30.3 Å². The second-order valence-electron chi connectivity index (χ2n) is 9.15. The molecule has 7 nitrogen and oxygen atoms in total. The summed E-state index contributed by atoms with van der Waals surface area (Å²) in [5.74, 6) is -0.423. The number of nitrogens with zero attached hydrogens (tertiary/aromatic N) is 2. The van der Waals surface area contributed by atoms with Gasteiger partial charge < -0.3 is 24.4 Å². The van der Waals surface area contributed by atoms with Gasteiger partial charge in [0, 0.05) is 31.9 Å². The zero-order valence-corrected chi connectivity index (χ0v) is 20.9. The fourth-order valence-corrected chi connectivity index (χ4v) is 5.07. The van der Waals surface area contributed by atoms with Crippen LogP contribution in [0.2, 0.25) is 0 Å². The molecule has 2 aromatic rings. The number of carbonyl (C=O) groups excluding carboxylic acids is 2. The lowest BCUT2D eigenvalue weighted by atomic mass is 9.94. The molecule has 1 saturated carbocycles. The Kier molecular flexibility index (Phi) is 7.34. The lowest BCUT2D eigenvalue weighted by Gasteiger charge is -2.31. The van der Waals surface area contributed by atoms with Crippen molar-refractivity contribution in [2.75, 3.05) is 32.2 Å². The average Bonchev–Trinajstić information content (AvgIpc) is 3.46.